The number of carbonyl (C=O) groups excluding carboxylic acids is 1. The van der Waals surface area contributed by atoms with E-state index in [1.165, 1.54) is 5.56 Å². The van der Waals surface area contributed by atoms with Crippen LogP contribution < -0.4 is 10.2 Å². The molecule has 2 fully saturated rings. The largest absolute Gasteiger partial charge is 0.324 e. The number of benzene rings is 1. The second-order valence-corrected chi connectivity index (χ2v) is 4.97. The standard InChI is InChI=1S/C14H19N3O.ClH/c1-2-11-4-3-5-12(8-11)17-10-13-9-15-6-7-16(13)14(17)18;/h3-5,8,13,15H,2,6-7,9-10H2,1H3;1H. The Morgan fingerprint density at radius 1 is 1.42 bits per heavy atom. The highest BCUT2D eigenvalue weighted by Gasteiger charge is 2.38. The second kappa shape index (κ2) is 5.80. The molecule has 0 radical (unpaired) electrons. The van der Waals surface area contributed by atoms with Gasteiger partial charge in [-0.3, -0.25) is 4.90 Å². The van der Waals surface area contributed by atoms with Crippen LogP contribution in [0.3, 0.4) is 0 Å². The van der Waals surface area contributed by atoms with Gasteiger partial charge in [-0.15, -0.1) is 12.4 Å². The molecule has 1 atom stereocenters. The molecule has 0 aromatic heterocycles. The van der Waals surface area contributed by atoms with Gasteiger partial charge in [0.05, 0.1) is 6.04 Å². The monoisotopic (exact) mass is 281 g/mol. The third-order valence-electron chi connectivity index (χ3n) is 3.85. The minimum atomic E-state index is 0. The van der Waals surface area contributed by atoms with Gasteiger partial charge in [0.25, 0.3) is 0 Å². The summed E-state index contributed by atoms with van der Waals surface area (Å²) < 4.78 is 0. The Kier molecular flexibility index (Phi) is 4.32. The Morgan fingerprint density at radius 2 is 2.26 bits per heavy atom. The van der Waals surface area contributed by atoms with E-state index in [1.54, 1.807) is 0 Å². The summed E-state index contributed by atoms with van der Waals surface area (Å²) in [6.45, 7) is 5.59. The summed E-state index contributed by atoms with van der Waals surface area (Å²) in [4.78, 5) is 16.3. The van der Waals surface area contributed by atoms with Gasteiger partial charge >= 0.3 is 6.03 Å². The number of anilines is 1. The number of nitrogens with one attached hydrogen (secondary N) is 1. The van der Waals surface area contributed by atoms with Crippen LogP contribution in [0.2, 0.25) is 0 Å². The van der Waals surface area contributed by atoms with Crippen LogP contribution in [-0.2, 0) is 6.42 Å². The first-order valence-electron chi connectivity index (χ1n) is 6.67. The quantitative estimate of drug-likeness (QED) is 0.898. The third-order valence-corrected chi connectivity index (χ3v) is 3.85. The second-order valence-electron chi connectivity index (χ2n) is 4.97. The Morgan fingerprint density at radius 3 is 3.00 bits per heavy atom. The van der Waals surface area contributed by atoms with E-state index >= 15 is 0 Å². The zero-order chi connectivity index (χ0) is 12.5. The van der Waals surface area contributed by atoms with Gasteiger partial charge in [-0.2, -0.15) is 0 Å². The molecule has 1 N–H and O–H groups in total. The van der Waals surface area contributed by atoms with E-state index in [0.29, 0.717) is 6.04 Å². The third kappa shape index (κ3) is 2.55. The van der Waals surface area contributed by atoms with E-state index < -0.39 is 0 Å². The maximum absolute atomic E-state index is 12.4. The Bertz CT molecular complexity index is 466. The number of rotatable bonds is 2. The summed E-state index contributed by atoms with van der Waals surface area (Å²) in [7, 11) is 0. The highest BCUT2D eigenvalue weighted by molar-refractivity contribution is 5.94. The number of nitrogens with zero attached hydrogens (tertiary/aromatic N) is 2. The van der Waals surface area contributed by atoms with Crippen molar-refractivity contribution in [2.45, 2.75) is 19.4 Å². The summed E-state index contributed by atoms with van der Waals surface area (Å²) in [5, 5.41) is 3.35. The van der Waals surface area contributed by atoms with Crippen LogP contribution >= 0.6 is 12.4 Å². The molecule has 0 saturated carbocycles. The van der Waals surface area contributed by atoms with Crippen LogP contribution in [0.25, 0.3) is 0 Å². The highest BCUT2D eigenvalue weighted by Crippen LogP contribution is 2.25. The molecule has 4 nitrogen and oxygen atoms in total. The number of carbonyl (C=O) groups is 1. The Balaban J connectivity index is 0.00000133. The van der Waals surface area contributed by atoms with Gasteiger partial charge in [0.15, 0.2) is 0 Å². The van der Waals surface area contributed by atoms with E-state index in [9.17, 15) is 4.79 Å². The minimum Gasteiger partial charge on any atom is -0.317 e. The topological polar surface area (TPSA) is 35.6 Å². The molecule has 5 heteroatoms. The van der Waals surface area contributed by atoms with Crippen LogP contribution in [-0.4, -0.2) is 43.2 Å². The number of halogens is 1. The molecule has 0 spiro atoms. The summed E-state index contributed by atoms with van der Waals surface area (Å²) in [5.74, 6) is 0. The van der Waals surface area contributed by atoms with E-state index in [4.69, 9.17) is 0 Å². The smallest absolute Gasteiger partial charge is 0.317 e. The number of amides is 2. The molecule has 3 rings (SSSR count). The number of hydrogen-bond acceptors (Lipinski definition) is 2. The van der Waals surface area contributed by atoms with Gasteiger partial charge in [-0.1, -0.05) is 19.1 Å². The number of piperazine rings is 1. The molecule has 0 bridgehead atoms. The first kappa shape index (κ1) is 14.2. The molecule has 2 saturated heterocycles. The number of hydrogen-bond donors (Lipinski definition) is 1. The minimum absolute atomic E-state index is 0. The van der Waals surface area contributed by atoms with Crippen LogP contribution in [0.4, 0.5) is 10.5 Å². The van der Waals surface area contributed by atoms with Crippen molar-refractivity contribution in [2.24, 2.45) is 0 Å². The zero-order valence-corrected chi connectivity index (χ0v) is 11.9. The van der Waals surface area contributed by atoms with E-state index in [2.05, 4.69) is 24.4 Å². The fourth-order valence-corrected chi connectivity index (χ4v) is 2.78. The van der Waals surface area contributed by atoms with E-state index in [0.717, 1.165) is 38.3 Å². The SMILES string of the molecule is CCc1cccc(N2CC3CNCCN3C2=O)c1.Cl. The zero-order valence-electron chi connectivity index (χ0n) is 11.1. The molecular formula is C14H20ClN3O. The molecule has 19 heavy (non-hydrogen) atoms. The molecule has 1 unspecified atom stereocenters. The van der Waals surface area contributed by atoms with Crippen molar-refractivity contribution in [3.8, 4) is 0 Å². The summed E-state index contributed by atoms with van der Waals surface area (Å²) in [5.41, 5.74) is 2.32. The average molecular weight is 282 g/mol. The van der Waals surface area contributed by atoms with E-state index in [1.807, 2.05) is 21.9 Å². The van der Waals surface area contributed by atoms with Crippen LogP contribution in [0.5, 0.6) is 0 Å². The summed E-state index contributed by atoms with van der Waals surface area (Å²) >= 11 is 0. The highest BCUT2D eigenvalue weighted by atomic mass is 35.5. The lowest BCUT2D eigenvalue weighted by molar-refractivity contribution is 0.193. The predicted octanol–water partition coefficient (Wildman–Crippen LogP) is 1.88. The van der Waals surface area contributed by atoms with Gasteiger partial charge in [-0.25, -0.2) is 4.79 Å². The number of urea groups is 1. The maximum Gasteiger partial charge on any atom is 0.324 e. The van der Waals surface area contributed by atoms with Gasteiger partial charge in [0, 0.05) is 31.9 Å². The van der Waals surface area contributed by atoms with Crippen LogP contribution in [0, 0.1) is 0 Å². The van der Waals surface area contributed by atoms with Crippen molar-refractivity contribution in [2.75, 3.05) is 31.1 Å². The van der Waals surface area contributed by atoms with Gasteiger partial charge in [0.2, 0.25) is 0 Å². The predicted molar refractivity (Wildman–Crippen MR) is 79.2 cm³/mol. The number of fused-ring (bicyclic) bond motifs is 1. The van der Waals surface area contributed by atoms with E-state index in [-0.39, 0.29) is 18.4 Å². The van der Waals surface area contributed by atoms with Crippen molar-refractivity contribution in [1.29, 1.82) is 0 Å². The molecular weight excluding hydrogens is 262 g/mol. The molecule has 2 heterocycles. The van der Waals surface area contributed by atoms with Gasteiger partial charge in [0.1, 0.15) is 0 Å². The molecule has 1 aromatic rings. The van der Waals surface area contributed by atoms with Crippen LogP contribution in [0.1, 0.15) is 12.5 Å². The summed E-state index contributed by atoms with van der Waals surface area (Å²) in [6.07, 6.45) is 1.00. The first-order chi connectivity index (χ1) is 8.79. The Labute approximate surface area is 120 Å². The van der Waals surface area contributed by atoms with Crippen molar-refractivity contribution in [3.05, 3.63) is 29.8 Å². The van der Waals surface area contributed by atoms with Crippen molar-refractivity contribution >= 4 is 24.1 Å². The molecule has 2 aliphatic rings. The molecule has 2 amide bonds. The van der Waals surface area contributed by atoms with Crippen molar-refractivity contribution in [3.63, 3.8) is 0 Å². The maximum atomic E-state index is 12.4. The lowest BCUT2D eigenvalue weighted by atomic mass is 10.1. The normalized spacial score (nSPS) is 22.2. The lowest BCUT2D eigenvalue weighted by Gasteiger charge is -2.28. The lowest BCUT2D eigenvalue weighted by Crippen LogP contribution is -2.49. The fraction of sp³-hybridized carbons (Fsp3) is 0.500. The average Bonchev–Trinajstić information content (AvgIpc) is 2.77. The fourth-order valence-electron chi connectivity index (χ4n) is 2.78. The van der Waals surface area contributed by atoms with Crippen molar-refractivity contribution < 1.29 is 4.79 Å². The molecule has 2 aliphatic heterocycles. The van der Waals surface area contributed by atoms with Crippen molar-refractivity contribution in [1.82, 2.24) is 10.2 Å². The Hall–Kier alpha value is -1.26. The molecule has 0 aliphatic carbocycles. The first-order valence-corrected chi connectivity index (χ1v) is 6.67. The summed E-state index contributed by atoms with van der Waals surface area (Å²) in [6, 6.07) is 8.80. The van der Waals surface area contributed by atoms with Crippen LogP contribution in [0.15, 0.2) is 24.3 Å². The number of aryl methyl sites for hydroxylation is 1. The van der Waals surface area contributed by atoms with Gasteiger partial charge in [-0.05, 0) is 24.1 Å². The van der Waals surface area contributed by atoms with Gasteiger partial charge < -0.3 is 10.2 Å². The molecule has 1 aromatic carbocycles. The molecule has 104 valence electrons.